The molecule has 2 aliphatic rings. The Bertz CT molecular complexity index is 353. The first kappa shape index (κ1) is 16.1. The highest BCUT2D eigenvalue weighted by Gasteiger charge is 2.45. The number of ether oxygens (including phenoxy) is 1. The zero-order valence-corrected chi connectivity index (χ0v) is 14.2. The standard InChI is InChI=1S/C17H27BrO2/c1-2-20-16(19)17(10-3-4-12-18)11-6-9-14-7-5-8-15(14)13-17/h3-4,14-15H,2,5-13H2,1H3/b4-3+/t14-,15+,17+/m0/s1. The van der Waals surface area contributed by atoms with Crippen molar-refractivity contribution in [1.29, 1.82) is 0 Å². The first-order valence-corrected chi connectivity index (χ1v) is 9.22. The molecule has 20 heavy (non-hydrogen) atoms. The average molecular weight is 343 g/mol. The van der Waals surface area contributed by atoms with Gasteiger partial charge < -0.3 is 4.74 Å². The van der Waals surface area contributed by atoms with Crippen molar-refractivity contribution in [3.05, 3.63) is 12.2 Å². The third-order valence-corrected chi connectivity index (χ3v) is 5.55. The van der Waals surface area contributed by atoms with Crippen LogP contribution in [-0.2, 0) is 9.53 Å². The molecule has 2 saturated carbocycles. The molecule has 0 amide bonds. The molecule has 2 nitrogen and oxygen atoms in total. The maximum atomic E-state index is 12.6. The van der Waals surface area contributed by atoms with Gasteiger partial charge in [0.15, 0.2) is 0 Å². The molecular formula is C17H27BrO2. The van der Waals surface area contributed by atoms with Crippen LogP contribution in [0, 0.1) is 17.3 Å². The molecule has 2 aliphatic carbocycles. The van der Waals surface area contributed by atoms with Gasteiger partial charge in [0.2, 0.25) is 0 Å². The Morgan fingerprint density at radius 3 is 2.75 bits per heavy atom. The number of allylic oxidation sites excluding steroid dienone is 2. The third-order valence-electron chi connectivity index (χ3n) is 5.17. The maximum absolute atomic E-state index is 12.6. The zero-order chi connectivity index (χ0) is 14.4. The molecule has 3 heteroatoms. The molecule has 0 aromatic carbocycles. The van der Waals surface area contributed by atoms with E-state index >= 15 is 0 Å². The molecule has 3 atom stereocenters. The van der Waals surface area contributed by atoms with Crippen molar-refractivity contribution in [2.75, 3.05) is 11.9 Å². The van der Waals surface area contributed by atoms with Crippen molar-refractivity contribution < 1.29 is 9.53 Å². The lowest BCUT2D eigenvalue weighted by atomic mass is 9.74. The van der Waals surface area contributed by atoms with Crippen LogP contribution in [0.4, 0.5) is 0 Å². The number of carbonyl (C=O) groups is 1. The van der Waals surface area contributed by atoms with Crippen molar-refractivity contribution >= 4 is 21.9 Å². The topological polar surface area (TPSA) is 26.3 Å². The molecular weight excluding hydrogens is 316 g/mol. The molecule has 2 rings (SSSR count). The fraction of sp³-hybridized carbons (Fsp3) is 0.824. The Labute approximate surface area is 131 Å². The van der Waals surface area contributed by atoms with Crippen LogP contribution >= 0.6 is 15.9 Å². The summed E-state index contributed by atoms with van der Waals surface area (Å²) in [6.45, 7) is 2.41. The van der Waals surface area contributed by atoms with Crippen LogP contribution in [0.2, 0.25) is 0 Å². The summed E-state index contributed by atoms with van der Waals surface area (Å²) in [7, 11) is 0. The maximum Gasteiger partial charge on any atom is 0.312 e. The summed E-state index contributed by atoms with van der Waals surface area (Å²) in [6, 6.07) is 0. The Balaban J connectivity index is 2.15. The number of hydrogen-bond donors (Lipinski definition) is 0. The van der Waals surface area contributed by atoms with Crippen molar-refractivity contribution in [2.24, 2.45) is 17.3 Å². The van der Waals surface area contributed by atoms with E-state index in [2.05, 4.69) is 28.1 Å². The fourth-order valence-corrected chi connectivity index (χ4v) is 4.44. The van der Waals surface area contributed by atoms with Gasteiger partial charge >= 0.3 is 5.97 Å². The highest BCUT2D eigenvalue weighted by atomic mass is 79.9. The number of rotatable bonds is 5. The molecule has 0 saturated heterocycles. The summed E-state index contributed by atoms with van der Waals surface area (Å²) in [5, 5.41) is 0.859. The second-order valence-corrected chi connectivity index (χ2v) is 7.03. The number of esters is 1. The number of alkyl halides is 1. The first-order valence-electron chi connectivity index (χ1n) is 8.10. The van der Waals surface area contributed by atoms with Gasteiger partial charge in [-0.05, 0) is 38.0 Å². The van der Waals surface area contributed by atoms with Gasteiger partial charge in [-0.15, -0.1) is 0 Å². The van der Waals surface area contributed by atoms with Gasteiger partial charge in [0.25, 0.3) is 0 Å². The largest absolute Gasteiger partial charge is 0.466 e. The minimum atomic E-state index is -0.252. The van der Waals surface area contributed by atoms with Gasteiger partial charge in [-0.25, -0.2) is 0 Å². The molecule has 2 fully saturated rings. The summed E-state index contributed by atoms with van der Waals surface area (Å²) in [6.07, 6.45) is 13.7. The second kappa shape index (κ2) is 7.63. The first-order chi connectivity index (χ1) is 9.72. The smallest absolute Gasteiger partial charge is 0.312 e. The monoisotopic (exact) mass is 342 g/mol. The predicted octanol–water partition coefficient (Wildman–Crippen LogP) is 4.87. The molecule has 114 valence electrons. The molecule has 0 N–H and O–H groups in total. The molecule has 0 unspecified atom stereocenters. The quantitative estimate of drug-likeness (QED) is 0.404. The van der Waals surface area contributed by atoms with Crippen molar-refractivity contribution in [2.45, 2.75) is 58.3 Å². The SMILES string of the molecule is CCOC(=O)[C@]1(C/C=C/CBr)CCC[C@@H]2CCC[C@@H]2C1. The van der Waals surface area contributed by atoms with E-state index in [1.165, 1.54) is 32.1 Å². The van der Waals surface area contributed by atoms with E-state index in [1.807, 2.05) is 6.92 Å². The van der Waals surface area contributed by atoms with E-state index in [0.717, 1.165) is 36.4 Å². The van der Waals surface area contributed by atoms with Crippen LogP contribution in [0.5, 0.6) is 0 Å². The zero-order valence-electron chi connectivity index (χ0n) is 12.6. The van der Waals surface area contributed by atoms with Crippen LogP contribution < -0.4 is 0 Å². The number of fused-ring (bicyclic) bond motifs is 1. The highest BCUT2D eigenvalue weighted by molar-refractivity contribution is 9.09. The Kier molecular flexibility index (Phi) is 6.13. The van der Waals surface area contributed by atoms with Crippen LogP contribution in [0.3, 0.4) is 0 Å². The molecule has 0 spiro atoms. The third kappa shape index (κ3) is 3.66. The Morgan fingerprint density at radius 2 is 2.00 bits per heavy atom. The lowest BCUT2D eigenvalue weighted by Gasteiger charge is -2.31. The highest BCUT2D eigenvalue weighted by Crippen LogP contribution is 2.49. The lowest BCUT2D eigenvalue weighted by molar-refractivity contribution is -0.157. The van der Waals surface area contributed by atoms with E-state index in [9.17, 15) is 4.79 Å². The normalized spacial score (nSPS) is 33.9. The molecule has 0 aromatic rings. The van der Waals surface area contributed by atoms with E-state index in [4.69, 9.17) is 4.74 Å². The number of carbonyl (C=O) groups excluding carboxylic acids is 1. The molecule has 0 aliphatic heterocycles. The summed E-state index contributed by atoms with van der Waals surface area (Å²) in [5.74, 6) is 1.66. The summed E-state index contributed by atoms with van der Waals surface area (Å²) in [4.78, 5) is 12.6. The predicted molar refractivity (Wildman–Crippen MR) is 85.9 cm³/mol. The van der Waals surface area contributed by atoms with Gasteiger partial charge in [0.1, 0.15) is 0 Å². The van der Waals surface area contributed by atoms with Crippen LogP contribution in [0.15, 0.2) is 12.2 Å². The fourth-order valence-electron chi connectivity index (χ4n) is 4.18. The number of halogens is 1. The van der Waals surface area contributed by atoms with E-state index in [0.29, 0.717) is 6.61 Å². The van der Waals surface area contributed by atoms with Crippen LogP contribution in [-0.4, -0.2) is 17.9 Å². The van der Waals surface area contributed by atoms with Crippen molar-refractivity contribution in [3.8, 4) is 0 Å². The van der Waals surface area contributed by atoms with E-state index in [1.54, 1.807) is 0 Å². The van der Waals surface area contributed by atoms with Crippen LogP contribution in [0.1, 0.15) is 58.3 Å². The Morgan fingerprint density at radius 1 is 1.25 bits per heavy atom. The molecule has 0 radical (unpaired) electrons. The minimum Gasteiger partial charge on any atom is -0.466 e. The van der Waals surface area contributed by atoms with Crippen molar-refractivity contribution in [3.63, 3.8) is 0 Å². The van der Waals surface area contributed by atoms with Crippen molar-refractivity contribution in [1.82, 2.24) is 0 Å². The number of hydrogen-bond acceptors (Lipinski definition) is 2. The molecule has 0 aromatic heterocycles. The minimum absolute atomic E-state index is 0.0479. The average Bonchev–Trinajstić information content (AvgIpc) is 2.78. The Hall–Kier alpha value is -0.310. The van der Waals surface area contributed by atoms with Crippen LogP contribution in [0.25, 0.3) is 0 Å². The molecule has 0 bridgehead atoms. The van der Waals surface area contributed by atoms with Gasteiger partial charge in [0.05, 0.1) is 12.0 Å². The summed E-state index contributed by atoms with van der Waals surface area (Å²) >= 11 is 3.42. The second-order valence-electron chi connectivity index (χ2n) is 6.38. The van der Waals surface area contributed by atoms with Gasteiger partial charge in [-0.2, -0.15) is 0 Å². The van der Waals surface area contributed by atoms with E-state index in [-0.39, 0.29) is 11.4 Å². The molecule has 0 heterocycles. The van der Waals surface area contributed by atoms with Gasteiger partial charge in [0, 0.05) is 5.33 Å². The van der Waals surface area contributed by atoms with Gasteiger partial charge in [-0.3, -0.25) is 4.79 Å². The lowest BCUT2D eigenvalue weighted by Crippen LogP contribution is -2.34. The summed E-state index contributed by atoms with van der Waals surface area (Å²) in [5.41, 5.74) is -0.252. The van der Waals surface area contributed by atoms with Gasteiger partial charge in [-0.1, -0.05) is 60.2 Å². The van der Waals surface area contributed by atoms with E-state index < -0.39 is 0 Å². The summed E-state index contributed by atoms with van der Waals surface area (Å²) < 4.78 is 5.43.